The number of amides is 1. The second kappa shape index (κ2) is 7.53. The molecule has 5 nitrogen and oxygen atoms in total. The van der Waals surface area contributed by atoms with Gasteiger partial charge in [-0.15, -0.1) is 0 Å². The van der Waals surface area contributed by atoms with Crippen molar-refractivity contribution in [3.63, 3.8) is 0 Å². The number of nitrogens with zero attached hydrogens (tertiary/aromatic N) is 4. The van der Waals surface area contributed by atoms with E-state index in [1.54, 1.807) is 21.8 Å². The highest BCUT2D eigenvalue weighted by Gasteiger charge is 2.20. The van der Waals surface area contributed by atoms with Gasteiger partial charge < -0.3 is 0 Å². The predicted molar refractivity (Wildman–Crippen MR) is 93.7 cm³/mol. The number of halogens is 1. The Kier molecular flexibility index (Phi) is 5.20. The van der Waals surface area contributed by atoms with E-state index in [9.17, 15) is 9.18 Å². The molecule has 0 aliphatic rings. The molecule has 0 atom stereocenters. The second-order valence-electron chi connectivity index (χ2n) is 5.50. The van der Waals surface area contributed by atoms with E-state index < -0.39 is 0 Å². The van der Waals surface area contributed by atoms with Gasteiger partial charge in [-0.1, -0.05) is 30.7 Å². The van der Waals surface area contributed by atoms with Gasteiger partial charge in [0.05, 0.1) is 11.2 Å². The van der Waals surface area contributed by atoms with E-state index in [2.05, 4.69) is 17.0 Å². The molecule has 126 valence electrons. The molecule has 0 spiro atoms. The van der Waals surface area contributed by atoms with Crippen molar-refractivity contribution < 1.29 is 9.18 Å². The Morgan fingerprint density at radius 2 is 2.25 bits per heavy atom. The van der Waals surface area contributed by atoms with E-state index in [1.807, 2.05) is 18.3 Å². The standard InChI is InChI=1S/C17H19FN4OS/c1-2-3-8-15(23)22(12-11-21-10-5-9-19-21)17-20-16-13(18)6-4-7-14(16)24-17/h4-7,9-10H,2-3,8,11-12H2,1H3. The van der Waals surface area contributed by atoms with Crippen LogP contribution in [0.5, 0.6) is 0 Å². The predicted octanol–water partition coefficient (Wildman–Crippen LogP) is 3.86. The van der Waals surface area contributed by atoms with Crippen LogP contribution in [-0.2, 0) is 11.3 Å². The molecule has 3 aromatic rings. The van der Waals surface area contributed by atoms with E-state index in [1.165, 1.54) is 17.4 Å². The number of fused-ring (bicyclic) bond motifs is 1. The molecule has 0 saturated heterocycles. The number of unbranched alkanes of at least 4 members (excludes halogenated alkanes) is 1. The molecule has 1 aromatic carbocycles. The monoisotopic (exact) mass is 346 g/mol. The molecule has 3 rings (SSSR count). The quantitative estimate of drug-likeness (QED) is 0.653. The summed E-state index contributed by atoms with van der Waals surface area (Å²) in [7, 11) is 0. The number of carbonyl (C=O) groups is 1. The van der Waals surface area contributed by atoms with Crippen LogP contribution in [0, 0.1) is 5.82 Å². The van der Waals surface area contributed by atoms with E-state index in [0.29, 0.717) is 30.2 Å². The van der Waals surface area contributed by atoms with Crippen molar-refractivity contribution in [1.82, 2.24) is 14.8 Å². The molecular weight excluding hydrogens is 327 g/mol. The zero-order chi connectivity index (χ0) is 16.9. The van der Waals surface area contributed by atoms with Crippen LogP contribution in [0.25, 0.3) is 10.2 Å². The summed E-state index contributed by atoms with van der Waals surface area (Å²) >= 11 is 1.34. The Bertz CT molecular complexity index is 815. The van der Waals surface area contributed by atoms with Gasteiger partial charge in [0.1, 0.15) is 11.3 Å². The lowest BCUT2D eigenvalue weighted by molar-refractivity contribution is -0.118. The van der Waals surface area contributed by atoms with Crippen LogP contribution in [0.1, 0.15) is 26.2 Å². The number of para-hydroxylation sites is 1. The van der Waals surface area contributed by atoms with Gasteiger partial charge in [0.25, 0.3) is 0 Å². The minimum Gasteiger partial charge on any atom is -0.286 e. The van der Waals surface area contributed by atoms with E-state index in [0.717, 1.165) is 17.5 Å². The summed E-state index contributed by atoms with van der Waals surface area (Å²) in [6.07, 6.45) is 5.81. The number of anilines is 1. The molecule has 0 aliphatic carbocycles. The SMILES string of the molecule is CCCCC(=O)N(CCn1cccn1)c1nc2c(F)cccc2s1. The normalized spacial score (nSPS) is 11.1. The summed E-state index contributed by atoms with van der Waals surface area (Å²) in [6.45, 7) is 3.09. The summed E-state index contributed by atoms with van der Waals surface area (Å²) in [5.41, 5.74) is 0.324. The first-order valence-electron chi connectivity index (χ1n) is 8.02. The summed E-state index contributed by atoms with van der Waals surface area (Å²) in [4.78, 5) is 18.6. The maximum Gasteiger partial charge on any atom is 0.228 e. The van der Waals surface area contributed by atoms with Gasteiger partial charge in [-0.25, -0.2) is 9.37 Å². The van der Waals surface area contributed by atoms with E-state index >= 15 is 0 Å². The fourth-order valence-electron chi connectivity index (χ4n) is 2.44. The molecule has 0 aliphatic heterocycles. The zero-order valence-corrected chi connectivity index (χ0v) is 14.3. The second-order valence-corrected chi connectivity index (χ2v) is 6.51. The molecule has 0 N–H and O–H groups in total. The first-order chi connectivity index (χ1) is 11.7. The fraction of sp³-hybridized carbons (Fsp3) is 0.353. The molecule has 0 fully saturated rings. The van der Waals surface area contributed by atoms with Gasteiger partial charge >= 0.3 is 0 Å². The van der Waals surface area contributed by atoms with Crippen LogP contribution in [0.2, 0.25) is 0 Å². The van der Waals surface area contributed by atoms with E-state index in [4.69, 9.17) is 0 Å². The smallest absolute Gasteiger partial charge is 0.228 e. The summed E-state index contributed by atoms with van der Waals surface area (Å²) in [6, 6.07) is 6.71. The molecule has 1 amide bonds. The van der Waals surface area contributed by atoms with Crippen molar-refractivity contribution in [2.45, 2.75) is 32.7 Å². The molecule has 2 aromatic heterocycles. The van der Waals surface area contributed by atoms with Crippen molar-refractivity contribution in [2.75, 3.05) is 11.4 Å². The Morgan fingerprint density at radius 1 is 1.38 bits per heavy atom. The summed E-state index contributed by atoms with van der Waals surface area (Å²) in [5.74, 6) is -0.341. The lowest BCUT2D eigenvalue weighted by Crippen LogP contribution is -2.33. The minimum absolute atomic E-state index is 0.0171. The van der Waals surface area contributed by atoms with Gasteiger partial charge in [-0.3, -0.25) is 14.4 Å². The Labute approximate surface area is 143 Å². The average molecular weight is 346 g/mol. The van der Waals surface area contributed by atoms with Crippen LogP contribution in [0.3, 0.4) is 0 Å². The minimum atomic E-state index is -0.358. The number of benzene rings is 1. The van der Waals surface area contributed by atoms with Gasteiger partial charge in [0.2, 0.25) is 5.91 Å². The topological polar surface area (TPSA) is 51.0 Å². The van der Waals surface area contributed by atoms with Crippen LogP contribution >= 0.6 is 11.3 Å². The first-order valence-corrected chi connectivity index (χ1v) is 8.83. The number of hydrogen-bond acceptors (Lipinski definition) is 4. The molecule has 0 saturated carbocycles. The Morgan fingerprint density at radius 3 is 2.96 bits per heavy atom. The van der Waals surface area contributed by atoms with Crippen LogP contribution in [-0.4, -0.2) is 27.2 Å². The van der Waals surface area contributed by atoms with Crippen molar-refractivity contribution in [2.24, 2.45) is 0 Å². The molecule has 0 unspecified atom stereocenters. The fourth-order valence-corrected chi connectivity index (χ4v) is 3.47. The number of hydrogen-bond donors (Lipinski definition) is 0. The third-order valence-corrected chi connectivity index (χ3v) is 4.79. The number of thiazole rings is 1. The van der Waals surface area contributed by atoms with Gasteiger partial charge in [-0.05, 0) is 24.6 Å². The van der Waals surface area contributed by atoms with E-state index in [-0.39, 0.29) is 11.7 Å². The molecule has 7 heteroatoms. The number of aromatic nitrogens is 3. The Balaban J connectivity index is 1.86. The lowest BCUT2D eigenvalue weighted by atomic mass is 10.2. The van der Waals surface area contributed by atoms with Crippen molar-refractivity contribution >= 4 is 32.6 Å². The third kappa shape index (κ3) is 3.62. The molecular formula is C17H19FN4OS. The largest absolute Gasteiger partial charge is 0.286 e. The molecule has 2 heterocycles. The van der Waals surface area contributed by atoms with Crippen molar-refractivity contribution in [1.29, 1.82) is 0 Å². The van der Waals surface area contributed by atoms with Crippen molar-refractivity contribution in [3.8, 4) is 0 Å². The maximum atomic E-state index is 13.9. The highest BCUT2D eigenvalue weighted by molar-refractivity contribution is 7.22. The highest BCUT2D eigenvalue weighted by Crippen LogP contribution is 2.30. The lowest BCUT2D eigenvalue weighted by Gasteiger charge is -2.19. The maximum absolute atomic E-state index is 13.9. The van der Waals surface area contributed by atoms with Crippen LogP contribution in [0.15, 0.2) is 36.7 Å². The number of carbonyl (C=O) groups excluding carboxylic acids is 1. The van der Waals surface area contributed by atoms with Gasteiger partial charge in [0, 0.05) is 25.4 Å². The summed E-state index contributed by atoms with van der Waals surface area (Å²) < 4.78 is 16.4. The molecule has 0 radical (unpaired) electrons. The molecule has 24 heavy (non-hydrogen) atoms. The van der Waals surface area contributed by atoms with Crippen molar-refractivity contribution in [3.05, 3.63) is 42.5 Å². The summed E-state index contributed by atoms with van der Waals surface area (Å²) in [5, 5.41) is 4.71. The molecule has 0 bridgehead atoms. The third-order valence-electron chi connectivity index (χ3n) is 3.75. The van der Waals surface area contributed by atoms with Gasteiger partial charge in [0.15, 0.2) is 5.13 Å². The van der Waals surface area contributed by atoms with Crippen LogP contribution < -0.4 is 4.90 Å². The zero-order valence-electron chi connectivity index (χ0n) is 13.5. The Hall–Kier alpha value is -2.28. The van der Waals surface area contributed by atoms with Gasteiger partial charge in [-0.2, -0.15) is 5.10 Å². The first kappa shape index (κ1) is 16.6. The highest BCUT2D eigenvalue weighted by atomic mass is 32.1. The number of rotatable bonds is 7. The van der Waals surface area contributed by atoms with Crippen LogP contribution in [0.4, 0.5) is 9.52 Å². The average Bonchev–Trinajstić information content (AvgIpc) is 3.23.